The third kappa shape index (κ3) is 5.09. The number of rotatable bonds is 4. The van der Waals surface area contributed by atoms with E-state index in [1.807, 2.05) is 73.3 Å². The number of nitrogens with zero attached hydrogens (tertiary/aromatic N) is 1. The Hall–Kier alpha value is -2.82. The molecule has 1 aliphatic heterocycles. The molecule has 142 valence electrons. The molecule has 1 unspecified atom stereocenters. The van der Waals surface area contributed by atoms with Crippen LogP contribution < -0.4 is 10.6 Å². The van der Waals surface area contributed by atoms with E-state index in [9.17, 15) is 9.59 Å². The predicted molar refractivity (Wildman–Crippen MR) is 109 cm³/mol. The van der Waals surface area contributed by atoms with E-state index >= 15 is 0 Å². The van der Waals surface area contributed by atoms with Crippen LogP contribution in [0.1, 0.15) is 25.3 Å². The summed E-state index contributed by atoms with van der Waals surface area (Å²) in [5.41, 5.74) is 2.80. The number of nitrogens with one attached hydrogen (secondary N) is 2. The summed E-state index contributed by atoms with van der Waals surface area (Å²) in [5, 5.41) is 5.92. The van der Waals surface area contributed by atoms with Crippen LogP contribution in [0, 0.1) is 18.8 Å². The predicted octanol–water partition coefficient (Wildman–Crippen LogP) is 4.51. The summed E-state index contributed by atoms with van der Waals surface area (Å²) in [6, 6.07) is 17.2. The van der Waals surface area contributed by atoms with Gasteiger partial charge in [0.15, 0.2) is 0 Å². The van der Waals surface area contributed by atoms with Gasteiger partial charge in [-0.2, -0.15) is 0 Å². The average molecular weight is 365 g/mol. The van der Waals surface area contributed by atoms with E-state index in [0.717, 1.165) is 24.2 Å². The Kier molecular flexibility index (Phi) is 6.12. The SMILES string of the molecule is Cc1ccc(NC(=O)C(C)C2CCN(C(=O)Nc3ccccc3)CC2)cc1. The van der Waals surface area contributed by atoms with Crippen molar-refractivity contribution in [2.75, 3.05) is 23.7 Å². The van der Waals surface area contributed by atoms with Gasteiger partial charge in [0.05, 0.1) is 0 Å². The molecule has 27 heavy (non-hydrogen) atoms. The number of carbonyl (C=O) groups excluding carboxylic acids is 2. The number of aryl methyl sites for hydroxylation is 1. The fourth-order valence-electron chi connectivity index (χ4n) is 3.43. The second kappa shape index (κ2) is 8.71. The van der Waals surface area contributed by atoms with E-state index in [0.29, 0.717) is 13.1 Å². The minimum absolute atomic E-state index is 0.0473. The molecular weight excluding hydrogens is 338 g/mol. The summed E-state index contributed by atoms with van der Waals surface area (Å²) in [6.45, 7) is 5.35. The van der Waals surface area contributed by atoms with Crippen molar-refractivity contribution in [2.24, 2.45) is 11.8 Å². The second-order valence-electron chi connectivity index (χ2n) is 7.26. The Morgan fingerprint density at radius 3 is 2.15 bits per heavy atom. The number of urea groups is 1. The van der Waals surface area contributed by atoms with E-state index in [1.54, 1.807) is 0 Å². The maximum Gasteiger partial charge on any atom is 0.321 e. The molecule has 1 aliphatic rings. The third-order valence-electron chi connectivity index (χ3n) is 5.29. The lowest BCUT2D eigenvalue weighted by molar-refractivity contribution is -0.121. The molecule has 2 N–H and O–H groups in total. The molecule has 0 bridgehead atoms. The maximum atomic E-state index is 12.5. The minimum Gasteiger partial charge on any atom is -0.326 e. The van der Waals surface area contributed by atoms with Gasteiger partial charge in [-0.1, -0.05) is 42.8 Å². The number of likely N-dealkylation sites (tertiary alicyclic amines) is 1. The van der Waals surface area contributed by atoms with Gasteiger partial charge in [0.2, 0.25) is 5.91 Å². The Balaban J connectivity index is 1.48. The van der Waals surface area contributed by atoms with E-state index in [2.05, 4.69) is 10.6 Å². The van der Waals surface area contributed by atoms with Crippen molar-refractivity contribution in [1.82, 2.24) is 4.90 Å². The maximum absolute atomic E-state index is 12.5. The number of hydrogen-bond donors (Lipinski definition) is 2. The first-order valence-corrected chi connectivity index (χ1v) is 9.51. The average Bonchev–Trinajstić information content (AvgIpc) is 2.70. The Morgan fingerprint density at radius 1 is 0.926 bits per heavy atom. The standard InChI is InChI=1S/C22H27N3O2/c1-16-8-10-20(11-9-16)23-21(26)17(2)18-12-14-25(15-13-18)22(27)24-19-6-4-3-5-7-19/h3-11,17-18H,12-15H2,1-2H3,(H,23,26)(H,24,27). The second-order valence-corrected chi connectivity index (χ2v) is 7.26. The van der Waals surface area contributed by atoms with Crippen LogP contribution in [0.25, 0.3) is 0 Å². The van der Waals surface area contributed by atoms with Gasteiger partial charge in [-0.05, 0) is 49.9 Å². The molecule has 2 aromatic rings. The molecule has 3 amide bonds. The molecule has 1 atom stereocenters. The third-order valence-corrected chi connectivity index (χ3v) is 5.29. The molecular formula is C22H27N3O2. The van der Waals surface area contributed by atoms with Crippen LogP contribution in [0.2, 0.25) is 0 Å². The highest BCUT2D eigenvalue weighted by Gasteiger charge is 2.29. The fraction of sp³-hybridized carbons (Fsp3) is 0.364. The van der Waals surface area contributed by atoms with Crippen molar-refractivity contribution < 1.29 is 9.59 Å². The van der Waals surface area contributed by atoms with Crippen molar-refractivity contribution in [3.63, 3.8) is 0 Å². The van der Waals surface area contributed by atoms with Gasteiger partial charge in [0.1, 0.15) is 0 Å². The molecule has 0 spiro atoms. The van der Waals surface area contributed by atoms with Crippen LogP contribution in [-0.4, -0.2) is 29.9 Å². The number of piperidine rings is 1. The number of hydrogen-bond acceptors (Lipinski definition) is 2. The summed E-state index contributed by atoms with van der Waals surface area (Å²) >= 11 is 0. The first-order valence-electron chi connectivity index (χ1n) is 9.51. The molecule has 5 nitrogen and oxygen atoms in total. The highest BCUT2D eigenvalue weighted by atomic mass is 16.2. The largest absolute Gasteiger partial charge is 0.326 e. The molecule has 1 saturated heterocycles. The highest BCUT2D eigenvalue weighted by Crippen LogP contribution is 2.26. The smallest absolute Gasteiger partial charge is 0.321 e. The summed E-state index contributed by atoms with van der Waals surface area (Å²) < 4.78 is 0. The lowest BCUT2D eigenvalue weighted by Gasteiger charge is -2.34. The van der Waals surface area contributed by atoms with Crippen molar-refractivity contribution >= 4 is 23.3 Å². The number of anilines is 2. The topological polar surface area (TPSA) is 61.4 Å². The van der Waals surface area contributed by atoms with Crippen molar-refractivity contribution in [3.8, 4) is 0 Å². The number of amides is 3. The normalized spacial score (nSPS) is 15.9. The molecule has 0 aromatic heterocycles. The molecule has 1 fully saturated rings. The van der Waals surface area contributed by atoms with E-state index in [-0.39, 0.29) is 23.8 Å². The molecule has 5 heteroatoms. The number of carbonyl (C=O) groups is 2. The Morgan fingerprint density at radius 2 is 1.52 bits per heavy atom. The van der Waals surface area contributed by atoms with Crippen LogP contribution in [0.3, 0.4) is 0 Å². The highest BCUT2D eigenvalue weighted by molar-refractivity contribution is 5.92. The van der Waals surface area contributed by atoms with E-state index in [4.69, 9.17) is 0 Å². The zero-order chi connectivity index (χ0) is 19.2. The first-order chi connectivity index (χ1) is 13.0. The zero-order valence-corrected chi connectivity index (χ0v) is 15.9. The quantitative estimate of drug-likeness (QED) is 0.837. The molecule has 0 aliphatic carbocycles. The molecule has 3 rings (SSSR count). The molecule has 2 aromatic carbocycles. The molecule has 0 radical (unpaired) electrons. The van der Waals surface area contributed by atoms with Crippen LogP contribution in [0.15, 0.2) is 54.6 Å². The van der Waals surface area contributed by atoms with Gasteiger partial charge >= 0.3 is 6.03 Å². The molecule has 1 heterocycles. The van der Waals surface area contributed by atoms with Crippen LogP contribution in [0.4, 0.5) is 16.2 Å². The van der Waals surface area contributed by atoms with E-state index < -0.39 is 0 Å². The first kappa shape index (κ1) is 19.0. The lowest BCUT2D eigenvalue weighted by Crippen LogP contribution is -2.43. The van der Waals surface area contributed by atoms with Gasteiger partial charge in [-0.25, -0.2) is 4.79 Å². The summed E-state index contributed by atoms with van der Waals surface area (Å²) in [6.07, 6.45) is 1.68. The van der Waals surface area contributed by atoms with Crippen molar-refractivity contribution in [2.45, 2.75) is 26.7 Å². The van der Waals surface area contributed by atoms with Gasteiger partial charge in [-0.15, -0.1) is 0 Å². The summed E-state index contributed by atoms with van der Waals surface area (Å²) in [5.74, 6) is 0.257. The summed E-state index contributed by atoms with van der Waals surface area (Å²) in [4.78, 5) is 26.8. The zero-order valence-electron chi connectivity index (χ0n) is 15.9. The van der Waals surface area contributed by atoms with Gasteiger partial charge in [0.25, 0.3) is 0 Å². The van der Waals surface area contributed by atoms with Crippen molar-refractivity contribution in [1.29, 1.82) is 0 Å². The minimum atomic E-state index is -0.0781. The van der Waals surface area contributed by atoms with Gasteiger partial charge in [-0.3, -0.25) is 4.79 Å². The van der Waals surface area contributed by atoms with E-state index in [1.165, 1.54) is 5.56 Å². The number of benzene rings is 2. The van der Waals surface area contributed by atoms with Crippen LogP contribution >= 0.6 is 0 Å². The van der Waals surface area contributed by atoms with Gasteiger partial charge in [0, 0.05) is 30.4 Å². The fourth-order valence-corrected chi connectivity index (χ4v) is 3.43. The number of para-hydroxylation sites is 1. The van der Waals surface area contributed by atoms with Crippen molar-refractivity contribution in [3.05, 3.63) is 60.2 Å². The van der Waals surface area contributed by atoms with Gasteiger partial charge < -0.3 is 15.5 Å². The lowest BCUT2D eigenvalue weighted by atomic mass is 9.85. The summed E-state index contributed by atoms with van der Waals surface area (Å²) in [7, 11) is 0. The Bertz CT molecular complexity index is 766. The molecule has 0 saturated carbocycles. The van der Waals surface area contributed by atoms with Crippen LogP contribution in [0.5, 0.6) is 0 Å². The van der Waals surface area contributed by atoms with Crippen LogP contribution in [-0.2, 0) is 4.79 Å². The monoisotopic (exact) mass is 365 g/mol. The Labute approximate surface area is 160 Å².